The maximum Gasteiger partial charge on any atom is 0.336 e. The van der Waals surface area contributed by atoms with E-state index in [0.717, 1.165) is 12.0 Å². The number of rotatable bonds is 1. The van der Waals surface area contributed by atoms with Crippen molar-refractivity contribution in [1.29, 1.82) is 0 Å². The van der Waals surface area contributed by atoms with Crippen molar-refractivity contribution in [3.8, 4) is 0 Å². The molecule has 2 N–H and O–H groups in total. The van der Waals surface area contributed by atoms with Crippen LogP contribution >= 0.6 is 0 Å². The highest BCUT2D eigenvalue weighted by atomic mass is 16.4. The van der Waals surface area contributed by atoms with Gasteiger partial charge in [0.25, 0.3) is 0 Å². The van der Waals surface area contributed by atoms with E-state index in [2.05, 4.69) is 5.16 Å². The van der Waals surface area contributed by atoms with Gasteiger partial charge in [0.1, 0.15) is 0 Å². The van der Waals surface area contributed by atoms with Gasteiger partial charge >= 0.3 is 5.97 Å². The molecule has 0 aromatic heterocycles. The van der Waals surface area contributed by atoms with E-state index < -0.39 is 5.97 Å². The summed E-state index contributed by atoms with van der Waals surface area (Å²) in [4.78, 5) is 10.9. The lowest BCUT2D eigenvalue weighted by Gasteiger charge is -2.03. The smallest absolute Gasteiger partial charge is 0.336 e. The van der Waals surface area contributed by atoms with Gasteiger partial charge in [0, 0.05) is 5.56 Å². The van der Waals surface area contributed by atoms with Gasteiger partial charge in [-0.2, -0.15) is 0 Å². The Morgan fingerprint density at radius 2 is 2.14 bits per heavy atom. The van der Waals surface area contributed by atoms with Crippen molar-refractivity contribution < 1.29 is 15.1 Å². The van der Waals surface area contributed by atoms with Crippen molar-refractivity contribution >= 4 is 11.7 Å². The fourth-order valence-corrected chi connectivity index (χ4v) is 1.81. The molecule has 0 spiro atoms. The number of oxime groups is 1. The van der Waals surface area contributed by atoms with Gasteiger partial charge in [0.15, 0.2) is 0 Å². The zero-order valence-electron chi connectivity index (χ0n) is 7.40. The second-order valence-electron chi connectivity index (χ2n) is 3.19. The minimum absolute atomic E-state index is 0.216. The monoisotopic (exact) mass is 191 g/mol. The van der Waals surface area contributed by atoms with Crippen LogP contribution in [0.25, 0.3) is 0 Å². The minimum Gasteiger partial charge on any atom is -0.478 e. The molecule has 0 saturated heterocycles. The summed E-state index contributed by atoms with van der Waals surface area (Å²) in [5, 5.41) is 20.8. The number of fused-ring (bicyclic) bond motifs is 1. The highest BCUT2D eigenvalue weighted by Gasteiger charge is 2.24. The molecule has 0 heterocycles. The highest BCUT2D eigenvalue weighted by molar-refractivity contribution is 6.11. The topological polar surface area (TPSA) is 69.9 Å². The molecule has 0 unspecified atom stereocenters. The molecular formula is C10H9NO3. The van der Waals surface area contributed by atoms with Crippen molar-refractivity contribution in [2.45, 2.75) is 12.8 Å². The molecule has 14 heavy (non-hydrogen) atoms. The Bertz CT molecular complexity index is 423. The summed E-state index contributed by atoms with van der Waals surface area (Å²) < 4.78 is 0. The van der Waals surface area contributed by atoms with E-state index in [1.807, 2.05) is 6.07 Å². The van der Waals surface area contributed by atoms with E-state index in [1.165, 1.54) is 6.07 Å². The lowest BCUT2D eigenvalue weighted by atomic mass is 10.0. The number of aromatic carboxylic acids is 1. The summed E-state index contributed by atoms with van der Waals surface area (Å²) in [6.07, 6.45) is 1.35. The van der Waals surface area contributed by atoms with E-state index in [0.29, 0.717) is 17.7 Å². The average Bonchev–Trinajstić information content (AvgIpc) is 2.59. The third-order valence-corrected chi connectivity index (χ3v) is 2.42. The lowest BCUT2D eigenvalue weighted by Crippen LogP contribution is -2.06. The first-order chi connectivity index (χ1) is 6.74. The third-order valence-electron chi connectivity index (χ3n) is 2.42. The van der Waals surface area contributed by atoms with Crippen LogP contribution in [0.1, 0.15) is 27.9 Å². The predicted molar refractivity (Wildman–Crippen MR) is 50.0 cm³/mol. The molecule has 0 amide bonds. The van der Waals surface area contributed by atoms with Crippen molar-refractivity contribution in [2.75, 3.05) is 0 Å². The molecule has 1 aliphatic rings. The van der Waals surface area contributed by atoms with Crippen molar-refractivity contribution in [2.24, 2.45) is 5.16 Å². The van der Waals surface area contributed by atoms with Crippen LogP contribution in [0.5, 0.6) is 0 Å². The predicted octanol–water partition coefficient (Wildman–Crippen LogP) is 1.51. The zero-order valence-corrected chi connectivity index (χ0v) is 7.40. The van der Waals surface area contributed by atoms with Gasteiger partial charge in [-0.25, -0.2) is 4.79 Å². The fraction of sp³-hybridized carbons (Fsp3) is 0.200. The Kier molecular flexibility index (Phi) is 1.96. The number of aryl methyl sites for hydroxylation is 1. The van der Waals surface area contributed by atoms with Crippen LogP contribution in [0.4, 0.5) is 0 Å². The van der Waals surface area contributed by atoms with Gasteiger partial charge in [-0.15, -0.1) is 0 Å². The van der Waals surface area contributed by atoms with E-state index in [1.54, 1.807) is 6.07 Å². The number of carboxylic acid groups (broad SMARTS) is 1. The Labute approximate surface area is 80.5 Å². The number of carbonyl (C=O) groups is 1. The molecule has 0 atom stereocenters. The number of nitrogens with zero attached hydrogens (tertiary/aromatic N) is 1. The maximum absolute atomic E-state index is 10.9. The van der Waals surface area contributed by atoms with Crippen molar-refractivity contribution in [1.82, 2.24) is 0 Å². The van der Waals surface area contributed by atoms with Crippen LogP contribution in [0.3, 0.4) is 0 Å². The number of benzene rings is 1. The summed E-state index contributed by atoms with van der Waals surface area (Å²) in [6.45, 7) is 0. The number of hydrogen-bond donors (Lipinski definition) is 2. The average molecular weight is 191 g/mol. The molecule has 2 rings (SSSR count). The van der Waals surface area contributed by atoms with E-state index in [-0.39, 0.29) is 5.56 Å². The molecule has 0 fully saturated rings. The van der Waals surface area contributed by atoms with E-state index in [4.69, 9.17) is 10.3 Å². The summed E-state index contributed by atoms with van der Waals surface area (Å²) in [6, 6.07) is 5.10. The Morgan fingerprint density at radius 3 is 2.79 bits per heavy atom. The first-order valence-corrected chi connectivity index (χ1v) is 4.30. The molecule has 1 aromatic carbocycles. The van der Waals surface area contributed by atoms with Gasteiger partial charge in [-0.3, -0.25) is 0 Å². The van der Waals surface area contributed by atoms with Crippen molar-refractivity contribution in [3.05, 3.63) is 34.9 Å². The van der Waals surface area contributed by atoms with Crippen LogP contribution in [0, 0.1) is 0 Å². The Balaban J connectivity index is 2.66. The number of hydrogen-bond acceptors (Lipinski definition) is 3. The zero-order chi connectivity index (χ0) is 10.1. The van der Waals surface area contributed by atoms with Crippen LogP contribution in [0.15, 0.2) is 23.4 Å². The fourth-order valence-electron chi connectivity index (χ4n) is 1.81. The first-order valence-electron chi connectivity index (χ1n) is 4.30. The third kappa shape index (κ3) is 1.16. The van der Waals surface area contributed by atoms with Gasteiger partial charge < -0.3 is 10.3 Å². The molecule has 0 radical (unpaired) electrons. The van der Waals surface area contributed by atoms with Gasteiger partial charge in [-0.05, 0) is 24.5 Å². The second kappa shape index (κ2) is 3.14. The van der Waals surface area contributed by atoms with Gasteiger partial charge in [-0.1, -0.05) is 17.3 Å². The number of carboxylic acids is 1. The van der Waals surface area contributed by atoms with Crippen LogP contribution in [0.2, 0.25) is 0 Å². The molecule has 0 bridgehead atoms. The standard InChI is InChI=1S/C10H9NO3/c12-10(13)7-3-1-2-6-4-5-8(11-14)9(6)7/h1-3,14H,4-5H2,(H,12,13)/b11-8-. The van der Waals surface area contributed by atoms with Gasteiger partial charge in [0.2, 0.25) is 0 Å². The van der Waals surface area contributed by atoms with Gasteiger partial charge in [0.05, 0.1) is 11.3 Å². The Hall–Kier alpha value is -1.84. The summed E-state index contributed by atoms with van der Waals surface area (Å²) in [7, 11) is 0. The minimum atomic E-state index is -0.982. The molecule has 72 valence electrons. The van der Waals surface area contributed by atoms with Crippen LogP contribution < -0.4 is 0 Å². The first kappa shape index (κ1) is 8.74. The molecule has 4 nitrogen and oxygen atoms in total. The summed E-state index contributed by atoms with van der Waals surface area (Å²) >= 11 is 0. The normalized spacial score (nSPS) is 17.0. The molecule has 4 heteroatoms. The van der Waals surface area contributed by atoms with E-state index in [9.17, 15) is 4.79 Å². The quantitative estimate of drug-likeness (QED) is 0.522. The highest BCUT2D eigenvalue weighted by Crippen LogP contribution is 2.25. The SMILES string of the molecule is O=C(O)c1cccc2c1/C(=N\O)CC2. The maximum atomic E-state index is 10.9. The largest absolute Gasteiger partial charge is 0.478 e. The molecule has 1 aromatic rings. The molecule has 0 saturated carbocycles. The lowest BCUT2D eigenvalue weighted by molar-refractivity contribution is 0.0696. The van der Waals surface area contributed by atoms with Crippen molar-refractivity contribution in [3.63, 3.8) is 0 Å². The van der Waals surface area contributed by atoms with E-state index >= 15 is 0 Å². The molecular weight excluding hydrogens is 182 g/mol. The molecule has 0 aliphatic heterocycles. The molecule has 1 aliphatic carbocycles. The van der Waals surface area contributed by atoms with Crippen LogP contribution in [-0.2, 0) is 6.42 Å². The summed E-state index contributed by atoms with van der Waals surface area (Å²) in [5.74, 6) is -0.982. The van der Waals surface area contributed by atoms with Crippen LogP contribution in [-0.4, -0.2) is 22.0 Å². The second-order valence-corrected chi connectivity index (χ2v) is 3.19. The summed E-state index contributed by atoms with van der Waals surface area (Å²) in [5.41, 5.74) is 2.21. The Morgan fingerprint density at radius 1 is 1.36 bits per heavy atom.